The third-order valence-electron chi connectivity index (χ3n) is 4.60. The fourth-order valence-corrected chi connectivity index (χ4v) is 3.19. The van der Waals surface area contributed by atoms with E-state index in [4.69, 9.17) is 19.7 Å². The Kier molecular flexibility index (Phi) is 5.39. The van der Waals surface area contributed by atoms with Gasteiger partial charge in [-0.15, -0.1) is 0 Å². The number of fused-ring (bicyclic) bond motifs is 2. The standard InChI is InChI=1S/C22H24N4O/c1-2-3-15-27-16-9-14-26-21(17-10-5-4-6-11-17)25-20-22(26)24-19-13-8-7-12-18(19)23-20/h4-8,10-13H,2-3,9,14-16H2,1H3. The molecular formula is C22H24N4O. The van der Waals surface area contributed by atoms with Crippen LogP contribution in [0, 0.1) is 0 Å². The second-order valence-electron chi connectivity index (χ2n) is 6.63. The third kappa shape index (κ3) is 3.83. The maximum Gasteiger partial charge on any atom is 0.198 e. The van der Waals surface area contributed by atoms with Crippen LogP contribution in [-0.2, 0) is 11.3 Å². The molecule has 0 radical (unpaired) electrons. The van der Waals surface area contributed by atoms with Crippen LogP contribution in [0.25, 0.3) is 33.7 Å². The van der Waals surface area contributed by atoms with Crippen LogP contribution >= 0.6 is 0 Å². The summed E-state index contributed by atoms with van der Waals surface area (Å²) in [5.74, 6) is 0.912. The lowest BCUT2D eigenvalue weighted by atomic mass is 10.2. The van der Waals surface area contributed by atoms with Crippen LogP contribution in [0.3, 0.4) is 0 Å². The molecule has 2 aromatic heterocycles. The molecule has 4 rings (SSSR count). The lowest BCUT2D eigenvalue weighted by Crippen LogP contribution is -2.06. The summed E-state index contributed by atoms with van der Waals surface area (Å²) in [4.78, 5) is 14.4. The van der Waals surface area contributed by atoms with Gasteiger partial charge >= 0.3 is 0 Å². The van der Waals surface area contributed by atoms with Crippen molar-refractivity contribution in [1.82, 2.24) is 19.5 Å². The van der Waals surface area contributed by atoms with Gasteiger partial charge in [0.2, 0.25) is 0 Å². The van der Waals surface area contributed by atoms with Gasteiger partial charge in [-0.1, -0.05) is 55.8 Å². The normalized spacial score (nSPS) is 11.4. The van der Waals surface area contributed by atoms with E-state index in [0.29, 0.717) is 5.65 Å². The van der Waals surface area contributed by atoms with Crippen molar-refractivity contribution >= 4 is 22.3 Å². The first-order chi connectivity index (χ1) is 13.4. The van der Waals surface area contributed by atoms with Crippen molar-refractivity contribution < 1.29 is 4.74 Å². The van der Waals surface area contributed by atoms with E-state index in [1.165, 1.54) is 0 Å². The molecule has 5 nitrogen and oxygen atoms in total. The van der Waals surface area contributed by atoms with Crippen LogP contribution < -0.4 is 0 Å². The van der Waals surface area contributed by atoms with Crippen molar-refractivity contribution in [3.8, 4) is 11.4 Å². The van der Waals surface area contributed by atoms with Crippen LogP contribution in [0.5, 0.6) is 0 Å². The number of nitrogens with zero attached hydrogens (tertiary/aromatic N) is 4. The highest BCUT2D eigenvalue weighted by Gasteiger charge is 2.15. The van der Waals surface area contributed by atoms with Gasteiger partial charge in [-0.3, -0.25) is 0 Å². The van der Waals surface area contributed by atoms with E-state index >= 15 is 0 Å². The summed E-state index contributed by atoms with van der Waals surface area (Å²) in [6.07, 6.45) is 3.19. The Morgan fingerprint density at radius 2 is 1.52 bits per heavy atom. The van der Waals surface area contributed by atoms with E-state index in [1.807, 2.05) is 42.5 Å². The van der Waals surface area contributed by atoms with Gasteiger partial charge in [-0.05, 0) is 25.0 Å². The fraction of sp³-hybridized carbons (Fsp3) is 0.318. The monoisotopic (exact) mass is 360 g/mol. The number of aryl methyl sites for hydroxylation is 1. The molecule has 2 aromatic carbocycles. The zero-order chi connectivity index (χ0) is 18.5. The summed E-state index contributed by atoms with van der Waals surface area (Å²) in [6, 6.07) is 18.2. The fourth-order valence-electron chi connectivity index (χ4n) is 3.19. The molecule has 0 spiro atoms. The Bertz CT molecular complexity index is 1030. The summed E-state index contributed by atoms with van der Waals surface area (Å²) >= 11 is 0. The van der Waals surface area contributed by atoms with Crippen LogP contribution in [0.1, 0.15) is 26.2 Å². The number of rotatable bonds is 8. The Labute approximate surface area is 159 Å². The van der Waals surface area contributed by atoms with Crippen molar-refractivity contribution in [2.24, 2.45) is 0 Å². The number of benzene rings is 2. The Hall–Kier alpha value is -2.79. The van der Waals surface area contributed by atoms with Gasteiger partial charge in [-0.25, -0.2) is 15.0 Å². The number of para-hydroxylation sites is 2. The molecule has 0 aliphatic rings. The average molecular weight is 360 g/mol. The minimum atomic E-state index is 0.694. The predicted octanol–water partition coefficient (Wildman–Crippen LogP) is 4.85. The van der Waals surface area contributed by atoms with Crippen LogP contribution in [-0.4, -0.2) is 32.7 Å². The molecule has 0 saturated carbocycles. The molecule has 5 heteroatoms. The number of hydrogen-bond acceptors (Lipinski definition) is 4. The van der Waals surface area contributed by atoms with Crippen molar-refractivity contribution in [1.29, 1.82) is 0 Å². The average Bonchev–Trinajstić information content (AvgIpc) is 3.07. The molecule has 0 aliphatic heterocycles. The highest BCUT2D eigenvalue weighted by molar-refractivity contribution is 5.84. The Morgan fingerprint density at radius 1 is 0.815 bits per heavy atom. The Balaban J connectivity index is 1.70. The molecule has 0 aliphatic carbocycles. The summed E-state index contributed by atoms with van der Waals surface area (Å²) in [6.45, 7) is 4.56. The summed E-state index contributed by atoms with van der Waals surface area (Å²) in [5.41, 5.74) is 4.37. The molecule has 27 heavy (non-hydrogen) atoms. The molecule has 0 unspecified atom stereocenters. The second-order valence-corrected chi connectivity index (χ2v) is 6.63. The van der Waals surface area contributed by atoms with Gasteiger partial charge in [0.15, 0.2) is 11.3 Å². The van der Waals surface area contributed by atoms with Crippen LogP contribution in [0.2, 0.25) is 0 Å². The molecule has 138 valence electrons. The first-order valence-corrected chi connectivity index (χ1v) is 9.63. The minimum Gasteiger partial charge on any atom is -0.381 e. The number of aromatic nitrogens is 4. The van der Waals surface area contributed by atoms with Gasteiger partial charge in [0.25, 0.3) is 0 Å². The topological polar surface area (TPSA) is 52.8 Å². The van der Waals surface area contributed by atoms with E-state index in [-0.39, 0.29) is 0 Å². The second kappa shape index (κ2) is 8.27. The highest BCUT2D eigenvalue weighted by Crippen LogP contribution is 2.24. The number of hydrogen-bond donors (Lipinski definition) is 0. The SMILES string of the molecule is CCCCOCCCn1c(-c2ccccc2)nc2nc3ccccc3nc21. The van der Waals surface area contributed by atoms with E-state index in [0.717, 1.165) is 67.1 Å². The largest absolute Gasteiger partial charge is 0.381 e. The first-order valence-electron chi connectivity index (χ1n) is 9.63. The zero-order valence-corrected chi connectivity index (χ0v) is 15.6. The molecule has 0 bridgehead atoms. The smallest absolute Gasteiger partial charge is 0.198 e. The van der Waals surface area contributed by atoms with Crippen molar-refractivity contribution in [3.63, 3.8) is 0 Å². The van der Waals surface area contributed by atoms with Crippen molar-refractivity contribution in [3.05, 3.63) is 54.6 Å². The van der Waals surface area contributed by atoms with E-state index in [2.05, 4.69) is 23.6 Å². The van der Waals surface area contributed by atoms with Crippen molar-refractivity contribution in [2.45, 2.75) is 32.7 Å². The quantitative estimate of drug-likeness (QED) is 0.421. The first kappa shape index (κ1) is 17.6. The number of unbranched alkanes of at least 4 members (excludes halogenated alkanes) is 1. The van der Waals surface area contributed by atoms with E-state index < -0.39 is 0 Å². The molecule has 0 N–H and O–H groups in total. The van der Waals surface area contributed by atoms with E-state index in [1.54, 1.807) is 0 Å². The summed E-state index contributed by atoms with van der Waals surface area (Å²) < 4.78 is 7.90. The maximum absolute atomic E-state index is 5.73. The zero-order valence-electron chi connectivity index (χ0n) is 15.6. The molecule has 4 aromatic rings. The lowest BCUT2D eigenvalue weighted by molar-refractivity contribution is 0.126. The van der Waals surface area contributed by atoms with Gasteiger partial charge in [0.05, 0.1) is 11.0 Å². The minimum absolute atomic E-state index is 0.694. The lowest BCUT2D eigenvalue weighted by Gasteiger charge is -2.09. The molecule has 0 fully saturated rings. The van der Waals surface area contributed by atoms with Crippen LogP contribution in [0.15, 0.2) is 54.6 Å². The molecule has 0 amide bonds. The van der Waals surface area contributed by atoms with Gasteiger partial charge in [-0.2, -0.15) is 0 Å². The molecular weight excluding hydrogens is 336 g/mol. The summed E-state index contributed by atoms with van der Waals surface area (Å²) in [5, 5.41) is 0. The van der Waals surface area contributed by atoms with Crippen LogP contribution in [0.4, 0.5) is 0 Å². The predicted molar refractivity (Wildman–Crippen MR) is 109 cm³/mol. The Morgan fingerprint density at radius 3 is 2.30 bits per heavy atom. The number of imidazole rings is 1. The van der Waals surface area contributed by atoms with Gasteiger partial charge in [0, 0.05) is 25.3 Å². The molecule has 2 heterocycles. The number of ether oxygens (including phenoxy) is 1. The maximum atomic E-state index is 5.73. The van der Waals surface area contributed by atoms with E-state index in [9.17, 15) is 0 Å². The van der Waals surface area contributed by atoms with Crippen molar-refractivity contribution in [2.75, 3.05) is 13.2 Å². The summed E-state index contributed by atoms with van der Waals surface area (Å²) in [7, 11) is 0. The molecule has 0 atom stereocenters. The third-order valence-corrected chi connectivity index (χ3v) is 4.60. The molecule has 0 saturated heterocycles. The van der Waals surface area contributed by atoms with Gasteiger partial charge < -0.3 is 9.30 Å². The van der Waals surface area contributed by atoms with Gasteiger partial charge in [0.1, 0.15) is 5.82 Å². The highest BCUT2D eigenvalue weighted by atomic mass is 16.5.